The van der Waals surface area contributed by atoms with Gasteiger partial charge >= 0.3 is 6.03 Å². The Hall–Kier alpha value is -1.49. The highest BCUT2D eigenvalue weighted by Gasteiger charge is 2.36. The van der Waals surface area contributed by atoms with Crippen LogP contribution in [-0.4, -0.2) is 47.3 Å². The number of carbonyl (C=O) groups is 1. The van der Waals surface area contributed by atoms with Crippen LogP contribution in [0.15, 0.2) is 24.5 Å². The Balaban J connectivity index is 1.48. The lowest BCUT2D eigenvalue weighted by molar-refractivity contribution is 0.0521. The van der Waals surface area contributed by atoms with E-state index in [0.29, 0.717) is 6.54 Å². The van der Waals surface area contributed by atoms with Crippen LogP contribution in [0.2, 0.25) is 0 Å². The monoisotopic (exact) mass is 277 g/mol. The van der Waals surface area contributed by atoms with Gasteiger partial charge in [-0.3, -0.25) is 0 Å². The van der Waals surface area contributed by atoms with Crippen LogP contribution in [0.4, 0.5) is 4.79 Å². The van der Waals surface area contributed by atoms with E-state index < -0.39 is 0 Å². The number of urea groups is 1. The molecule has 0 bridgehead atoms. The lowest BCUT2D eigenvalue weighted by Gasteiger charge is -2.29. The summed E-state index contributed by atoms with van der Waals surface area (Å²) in [4.78, 5) is 14.3. The fourth-order valence-electron chi connectivity index (χ4n) is 3.25. The second kappa shape index (κ2) is 6.31. The maximum Gasteiger partial charge on any atom is 0.317 e. The van der Waals surface area contributed by atoms with Gasteiger partial charge in [0.05, 0.1) is 12.1 Å². The summed E-state index contributed by atoms with van der Waals surface area (Å²) in [5, 5.41) is 3.03. The van der Waals surface area contributed by atoms with E-state index in [1.807, 2.05) is 29.4 Å². The van der Waals surface area contributed by atoms with Gasteiger partial charge in [-0.2, -0.15) is 0 Å². The van der Waals surface area contributed by atoms with Crippen molar-refractivity contribution in [3.8, 4) is 0 Å². The quantitative estimate of drug-likeness (QED) is 0.913. The van der Waals surface area contributed by atoms with E-state index in [-0.39, 0.29) is 18.2 Å². The zero-order valence-electron chi connectivity index (χ0n) is 11.8. The van der Waals surface area contributed by atoms with Crippen molar-refractivity contribution in [1.82, 2.24) is 14.8 Å². The summed E-state index contributed by atoms with van der Waals surface area (Å²) in [6.07, 6.45) is 8.68. The molecule has 2 unspecified atom stereocenters. The standard InChI is InChI=1S/C15H23N3O2/c19-15(16-7-11-17-8-1-2-9-17)18-10-3-5-13(18)14-6-4-12-20-14/h1-2,8-9,13-14H,3-7,10-12H2,(H,16,19). The molecule has 110 valence electrons. The van der Waals surface area contributed by atoms with Gasteiger partial charge in [0.15, 0.2) is 0 Å². The first-order valence-corrected chi connectivity index (χ1v) is 7.61. The number of hydrogen-bond donors (Lipinski definition) is 1. The van der Waals surface area contributed by atoms with Crippen molar-refractivity contribution >= 4 is 6.03 Å². The molecule has 2 aliphatic rings. The van der Waals surface area contributed by atoms with Gasteiger partial charge in [0.1, 0.15) is 0 Å². The third kappa shape index (κ3) is 2.98. The number of aromatic nitrogens is 1. The average molecular weight is 277 g/mol. The number of nitrogens with one attached hydrogen (secondary N) is 1. The predicted molar refractivity (Wildman–Crippen MR) is 76.5 cm³/mol. The van der Waals surface area contributed by atoms with Gasteiger partial charge in [-0.15, -0.1) is 0 Å². The maximum atomic E-state index is 12.3. The van der Waals surface area contributed by atoms with E-state index in [4.69, 9.17) is 4.74 Å². The van der Waals surface area contributed by atoms with Gasteiger partial charge < -0.3 is 19.5 Å². The zero-order valence-corrected chi connectivity index (χ0v) is 11.8. The number of amides is 2. The molecule has 0 spiro atoms. The Morgan fingerprint density at radius 1 is 1.25 bits per heavy atom. The Bertz CT molecular complexity index is 426. The van der Waals surface area contributed by atoms with Crippen LogP contribution in [0, 0.1) is 0 Å². The SMILES string of the molecule is O=C(NCCn1cccc1)N1CCCC1C1CCCO1. The van der Waals surface area contributed by atoms with E-state index in [2.05, 4.69) is 9.88 Å². The van der Waals surface area contributed by atoms with Crippen LogP contribution >= 0.6 is 0 Å². The molecule has 0 aliphatic carbocycles. The smallest absolute Gasteiger partial charge is 0.317 e. The highest BCUT2D eigenvalue weighted by Crippen LogP contribution is 2.27. The topological polar surface area (TPSA) is 46.5 Å². The molecular weight excluding hydrogens is 254 g/mol. The van der Waals surface area contributed by atoms with Gasteiger partial charge in [0, 0.05) is 38.6 Å². The van der Waals surface area contributed by atoms with Crippen LogP contribution in [0.25, 0.3) is 0 Å². The predicted octanol–water partition coefficient (Wildman–Crippen LogP) is 1.84. The fraction of sp³-hybridized carbons (Fsp3) is 0.667. The minimum atomic E-state index is 0.0650. The summed E-state index contributed by atoms with van der Waals surface area (Å²) in [5.41, 5.74) is 0. The van der Waals surface area contributed by atoms with E-state index in [1.165, 1.54) is 0 Å². The lowest BCUT2D eigenvalue weighted by atomic mass is 10.1. The van der Waals surface area contributed by atoms with Crippen molar-refractivity contribution in [2.45, 2.75) is 44.4 Å². The van der Waals surface area contributed by atoms with Crippen LogP contribution < -0.4 is 5.32 Å². The molecule has 5 nitrogen and oxygen atoms in total. The molecule has 1 N–H and O–H groups in total. The number of likely N-dealkylation sites (tertiary alicyclic amines) is 1. The van der Waals surface area contributed by atoms with Crippen molar-refractivity contribution in [3.63, 3.8) is 0 Å². The molecule has 0 aromatic carbocycles. The molecule has 2 aliphatic heterocycles. The highest BCUT2D eigenvalue weighted by atomic mass is 16.5. The first-order chi connectivity index (χ1) is 9.84. The molecule has 20 heavy (non-hydrogen) atoms. The van der Waals surface area contributed by atoms with E-state index >= 15 is 0 Å². The molecule has 1 aromatic rings. The molecule has 5 heteroatoms. The first kappa shape index (κ1) is 13.5. The molecule has 3 heterocycles. The second-order valence-electron chi connectivity index (χ2n) is 5.61. The van der Waals surface area contributed by atoms with Crippen LogP contribution in [0.3, 0.4) is 0 Å². The lowest BCUT2D eigenvalue weighted by Crippen LogP contribution is -2.47. The Kier molecular flexibility index (Phi) is 4.25. The summed E-state index contributed by atoms with van der Waals surface area (Å²) >= 11 is 0. The number of nitrogens with zero attached hydrogens (tertiary/aromatic N) is 2. The van der Waals surface area contributed by atoms with Gasteiger partial charge in [-0.1, -0.05) is 0 Å². The van der Waals surface area contributed by atoms with Gasteiger partial charge in [0.2, 0.25) is 0 Å². The zero-order chi connectivity index (χ0) is 13.8. The number of rotatable bonds is 4. The third-order valence-corrected chi connectivity index (χ3v) is 4.27. The van der Waals surface area contributed by atoms with Crippen molar-refractivity contribution in [2.24, 2.45) is 0 Å². The van der Waals surface area contributed by atoms with Gasteiger partial charge in [0.25, 0.3) is 0 Å². The molecule has 0 saturated carbocycles. The maximum absolute atomic E-state index is 12.3. The molecule has 1 aromatic heterocycles. The van der Waals surface area contributed by atoms with Crippen LogP contribution in [-0.2, 0) is 11.3 Å². The minimum absolute atomic E-state index is 0.0650. The van der Waals surface area contributed by atoms with Crippen LogP contribution in [0.1, 0.15) is 25.7 Å². The van der Waals surface area contributed by atoms with Gasteiger partial charge in [-0.05, 0) is 37.8 Å². The molecule has 3 rings (SSSR count). The second-order valence-corrected chi connectivity index (χ2v) is 5.61. The molecule has 2 saturated heterocycles. The fourth-order valence-corrected chi connectivity index (χ4v) is 3.25. The minimum Gasteiger partial charge on any atom is -0.376 e. The number of ether oxygens (including phenoxy) is 1. The number of carbonyl (C=O) groups excluding carboxylic acids is 1. The molecule has 2 atom stereocenters. The van der Waals surface area contributed by atoms with Gasteiger partial charge in [-0.25, -0.2) is 4.79 Å². The average Bonchev–Trinajstić information content (AvgIpc) is 3.19. The van der Waals surface area contributed by atoms with E-state index in [9.17, 15) is 4.79 Å². The number of hydrogen-bond acceptors (Lipinski definition) is 2. The summed E-state index contributed by atoms with van der Waals surface area (Å²) in [6, 6.07) is 4.34. The Morgan fingerprint density at radius 3 is 2.85 bits per heavy atom. The highest BCUT2D eigenvalue weighted by molar-refractivity contribution is 5.74. The van der Waals surface area contributed by atoms with Crippen molar-refractivity contribution in [2.75, 3.05) is 19.7 Å². The third-order valence-electron chi connectivity index (χ3n) is 4.27. The van der Waals surface area contributed by atoms with Crippen molar-refractivity contribution < 1.29 is 9.53 Å². The molecular formula is C15H23N3O2. The normalized spacial score (nSPS) is 26.1. The summed E-state index contributed by atoms with van der Waals surface area (Å²) < 4.78 is 7.83. The first-order valence-electron chi connectivity index (χ1n) is 7.61. The van der Waals surface area contributed by atoms with Crippen LogP contribution in [0.5, 0.6) is 0 Å². The Labute approximate surface area is 119 Å². The van der Waals surface area contributed by atoms with E-state index in [0.717, 1.165) is 45.4 Å². The van der Waals surface area contributed by atoms with Crippen molar-refractivity contribution in [3.05, 3.63) is 24.5 Å². The molecule has 2 fully saturated rings. The molecule has 2 amide bonds. The summed E-state index contributed by atoms with van der Waals surface area (Å²) in [7, 11) is 0. The largest absolute Gasteiger partial charge is 0.376 e. The Morgan fingerprint density at radius 2 is 2.10 bits per heavy atom. The van der Waals surface area contributed by atoms with Crippen molar-refractivity contribution in [1.29, 1.82) is 0 Å². The molecule has 0 radical (unpaired) electrons. The summed E-state index contributed by atoms with van der Waals surface area (Å²) in [5.74, 6) is 0. The van der Waals surface area contributed by atoms with E-state index in [1.54, 1.807) is 0 Å². The summed E-state index contributed by atoms with van der Waals surface area (Å²) in [6.45, 7) is 3.20.